The summed E-state index contributed by atoms with van der Waals surface area (Å²) in [5, 5.41) is 14.6. The van der Waals surface area contributed by atoms with Gasteiger partial charge in [0.25, 0.3) is 0 Å². The Balaban J connectivity index is 2.05. The number of phenolic OH excluding ortho intramolecular Hbond substituents is 1. The third kappa shape index (κ3) is 2.78. The van der Waals surface area contributed by atoms with Crippen LogP contribution in [-0.2, 0) is 5.41 Å². The fourth-order valence-electron chi connectivity index (χ4n) is 3.59. The molecule has 0 saturated heterocycles. The molecule has 0 fully saturated rings. The number of fused-ring (bicyclic) bond motifs is 3. The number of aromatic hydroxyl groups is 1. The number of aromatic nitrogens is 1. The lowest BCUT2D eigenvalue weighted by Gasteiger charge is -2.24. The second-order valence-electron chi connectivity index (χ2n) is 7.55. The molecular formula is C22H21FN2OS. The molecule has 2 heterocycles. The summed E-state index contributed by atoms with van der Waals surface area (Å²) >= 11 is 1.60. The van der Waals surface area contributed by atoms with Crippen molar-refractivity contribution in [3.05, 3.63) is 58.9 Å². The number of aryl methyl sites for hydroxylation is 1. The topological polar surface area (TPSA) is 59.1 Å². The lowest BCUT2D eigenvalue weighted by atomic mass is 9.83. The van der Waals surface area contributed by atoms with E-state index >= 15 is 0 Å². The molecule has 5 heteroatoms. The number of thiophene rings is 1. The van der Waals surface area contributed by atoms with E-state index in [4.69, 9.17) is 5.73 Å². The summed E-state index contributed by atoms with van der Waals surface area (Å²) in [6.45, 7) is 6.11. The molecule has 2 aromatic carbocycles. The van der Waals surface area contributed by atoms with Gasteiger partial charge in [0.1, 0.15) is 11.6 Å². The molecule has 0 aliphatic rings. The van der Waals surface area contributed by atoms with Crippen molar-refractivity contribution >= 4 is 32.3 Å². The van der Waals surface area contributed by atoms with Crippen molar-refractivity contribution in [1.82, 2.24) is 4.98 Å². The van der Waals surface area contributed by atoms with Gasteiger partial charge in [0.2, 0.25) is 0 Å². The van der Waals surface area contributed by atoms with Gasteiger partial charge < -0.3 is 10.8 Å². The number of pyridine rings is 1. The molecule has 4 rings (SSSR count). The average Bonchev–Trinajstić information content (AvgIpc) is 3.10. The van der Waals surface area contributed by atoms with E-state index in [0.717, 1.165) is 26.6 Å². The summed E-state index contributed by atoms with van der Waals surface area (Å²) in [5.74, 6) is -0.188. The number of nitrogens with zero attached hydrogens (tertiary/aromatic N) is 1. The molecular weight excluding hydrogens is 359 g/mol. The molecule has 0 unspecified atom stereocenters. The molecule has 0 aliphatic carbocycles. The number of phenols is 1. The fraction of sp³-hybridized carbons (Fsp3) is 0.227. The number of benzene rings is 2. The van der Waals surface area contributed by atoms with Gasteiger partial charge in [-0.2, -0.15) is 0 Å². The maximum absolute atomic E-state index is 14.9. The molecule has 0 saturated carbocycles. The summed E-state index contributed by atoms with van der Waals surface area (Å²) in [5.41, 5.74) is 8.88. The lowest BCUT2D eigenvalue weighted by molar-refractivity contribution is 0.477. The molecule has 0 bridgehead atoms. The highest BCUT2D eigenvalue weighted by Crippen LogP contribution is 2.42. The van der Waals surface area contributed by atoms with Gasteiger partial charge in [-0.1, -0.05) is 26.0 Å². The minimum Gasteiger partial charge on any atom is -0.507 e. The van der Waals surface area contributed by atoms with Crippen molar-refractivity contribution in [3.8, 4) is 16.9 Å². The third-order valence-corrected chi connectivity index (χ3v) is 6.09. The highest BCUT2D eigenvalue weighted by atomic mass is 32.1. The molecule has 0 amide bonds. The zero-order valence-corrected chi connectivity index (χ0v) is 16.3. The Morgan fingerprint density at radius 3 is 2.70 bits per heavy atom. The summed E-state index contributed by atoms with van der Waals surface area (Å²) in [4.78, 5) is 4.59. The Kier molecular flexibility index (Phi) is 4.17. The van der Waals surface area contributed by atoms with Gasteiger partial charge in [0, 0.05) is 34.5 Å². The molecule has 4 aromatic rings. The van der Waals surface area contributed by atoms with Crippen LogP contribution in [0.5, 0.6) is 5.75 Å². The zero-order valence-electron chi connectivity index (χ0n) is 15.5. The largest absolute Gasteiger partial charge is 0.507 e. The SMILES string of the molecule is Cc1cc(O)c(-c2ccc(C(C)(C)CN)c(F)c2)c2c1ncc1sccc12. The Labute approximate surface area is 161 Å². The van der Waals surface area contributed by atoms with E-state index < -0.39 is 5.41 Å². The molecule has 0 atom stereocenters. The first-order valence-electron chi connectivity index (χ1n) is 8.82. The number of hydrogen-bond donors (Lipinski definition) is 2. The van der Waals surface area contributed by atoms with Crippen LogP contribution < -0.4 is 5.73 Å². The first-order valence-corrected chi connectivity index (χ1v) is 9.70. The highest BCUT2D eigenvalue weighted by Gasteiger charge is 2.24. The van der Waals surface area contributed by atoms with E-state index in [1.807, 2.05) is 44.5 Å². The predicted octanol–water partition coefficient (Wildman–Crippen LogP) is 5.51. The first-order chi connectivity index (χ1) is 12.8. The van der Waals surface area contributed by atoms with Crippen LogP contribution in [0.25, 0.3) is 32.1 Å². The highest BCUT2D eigenvalue weighted by molar-refractivity contribution is 7.17. The smallest absolute Gasteiger partial charge is 0.127 e. The zero-order chi connectivity index (χ0) is 19.3. The van der Waals surface area contributed by atoms with Gasteiger partial charge in [-0.15, -0.1) is 11.3 Å². The van der Waals surface area contributed by atoms with E-state index in [2.05, 4.69) is 4.98 Å². The summed E-state index contributed by atoms with van der Waals surface area (Å²) in [7, 11) is 0. The van der Waals surface area contributed by atoms with Crippen LogP contribution in [0.15, 0.2) is 41.9 Å². The number of nitrogens with two attached hydrogens (primary N) is 1. The van der Waals surface area contributed by atoms with Gasteiger partial charge in [-0.3, -0.25) is 4.98 Å². The molecule has 3 nitrogen and oxygen atoms in total. The molecule has 3 N–H and O–H groups in total. The first kappa shape index (κ1) is 17.9. The van der Waals surface area contributed by atoms with Crippen molar-refractivity contribution < 1.29 is 9.50 Å². The molecule has 27 heavy (non-hydrogen) atoms. The second kappa shape index (κ2) is 6.29. The normalized spacial score (nSPS) is 12.2. The average molecular weight is 380 g/mol. The Bertz CT molecular complexity index is 1180. The van der Waals surface area contributed by atoms with Gasteiger partial charge >= 0.3 is 0 Å². The number of halogens is 1. The fourth-order valence-corrected chi connectivity index (χ4v) is 4.35. The molecule has 0 aliphatic heterocycles. The van der Waals surface area contributed by atoms with Crippen LogP contribution in [0.1, 0.15) is 25.0 Å². The maximum atomic E-state index is 14.9. The molecule has 2 aromatic heterocycles. The Hall–Kier alpha value is -2.50. The van der Waals surface area contributed by atoms with E-state index in [1.165, 1.54) is 6.07 Å². The van der Waals surface area contributed by atoms with Gasteiger partial charge in [-0.05, 0) is 47.2 Å². The summed E-state index contributed by atoms with van der Waals surface area (Å²) in [6.07, 6.45) is 1.85. The lowest BCUT2D eigenvalue weighted by Crippen LogP contribution is -2.29. The van der Waals surface area contributed by atoms with E-state index in [1.54, 1.807) is 23.5 Å². The van der Waals surface area contributed by atoms with Crippen molar-refractivity contribution in [1.29, 1.82) is 0 Å². The van der Waals surface area contributed by atoms with Crippen molar-refractivity contribution in [2.24, 2.45) is 5.73 Å². The van der Waals surface area contributed by atoms with Gasteiger partial charge in [0.15, 0.2) is 0 Å². The predicted molar refractivity (Wildman–Crippen MR) is 111 cm³/mol. The molecule has 138 valence electrons. The minimum atomic E-state index is -0.456. The maximum Gasteiger partial charge on any atom is 0.127 e. The van der Waals surface area contributed by atoms with Gasteiger partial charge in [-0.25, -0.2) is 4.39 Å². The van der Waals surface area contributed by atoms with Gasteiger partial charge in [0.05, 0.1) is 10.2 Å². The standard InChI is InChI=1S/C22H21FN2OS/c1-12-8-17(26)19(20-14-6-7-27-18(14)10-25-21(12)20)13-4-5-15(16(23)9-13)22(2,3)11-24/h4-10,26H,11,24H2,1-3H3. The quantitative estimate of drug-likeness (QED) is 0.493. The van der Waals surface area contributed by atoms with Crippen LogP contribution >= 0.6 is 11.3 Å². The van der Waals surface area contributed by atoms with Crippen LogP contribution in [0.2, 0.25) is 0 Å². The Morgan fingerprint density at radius 1 is 1.22 bits per heavy atom. The Morgan fingerprint density at radius 2 is 2.00 bits per heavy atom. The van der Waals surface area contributed by atoms with E-state index in [9.17, 15) is 9.50 Å². The van der Waals surface area contributed by atoms with Crippen LogP contribution in [0, 0.1) is 12.7 Å². The van der Waals surface area contributed by atoms with E-state index in [0.29, 0.717) is 23.2 Å². The van der Waals surface area contributed by atoms with Crippen LogP contribution in [0.3, 0.4) is 0 Å². The van der Waals surface area contributed by atoms with E-state index in [-0.39, 0.29) is 11.6 Å². The van der Waals surface area contributed by atoms with Crippen molar-refractivity contribution in [3.63, 3.8) is 0 Å². The monoisotopic (exact) mass is 380 g/mol. The number of hydrogen-bond acceptors (Lipinski definition) is 4. The third-order valence-electron chi connectivity index (χ3n) is 5.24. The van der Waals surface area contributed by atoms with Crippen LogP contribution in [0.4, 0.5) is 4.39 Å². The summed E-state index contributed by atoms with van der Waals surface area (Å²) in [6, 6.07) is 8.82. The molecule has 0 radical (unpaired) electrons. The number of rotatable bonds is 3. The van der Waals surface area contributed by atoms with Crippen molar-refractivity contribution in [2.75, 3.05) is 6.54 Å². The minimum absolute atomic E-state index is 0.130. The second-order valence-corrected chi connectivity index (χ2v) is 8.50. The van der Waals surface area contributed by atoms with Crippen molar-refractivity contribution in [2.45, 2.75) is 26.2 Å². The molecule has 0 spiro atoms. The summed E-state index contributed by atoms with van der Waals surface area (Å²) < 4.78 is 16.0. The van der Waals surface area contributed by atoms with Crippen LogP contribution in [-0.4, -0.2) is 16.6 Å².